The lowest BCUT2D eigenvalue weighted by molar-refractivity contribution is -0.140. The van der Waals surface area contributed by atoms with Gasteiger partial charge in [-0.1, -0.05) is 24.6 Å². The molecule has 2 amide bonds. The average Bonchev–Trinajstić information content (AvgIpc) is 2.89. The molecule has 142 valence electrons. The summed E-state index contributed by atoms with van der Waals surface area (Å²) in [6.07, 6.45) is 6.27. The standard InChI is InChI=1S/C21H25N3O3/c1-27-18-8-4-6-16(12-18)15-24-19(9-2-3-10-20(24)25)21(26)23-14-17-7-5-11-22-13-17/h4-8,11-13,19H,2-3,9-10,14-15H2,1H3,(H,23,26). The Bertz CT molecular complexity index is 779. The van der Waals surface area contributed by atoms with Crippen molar-refractivity contribution in [3.63, 3.8) is 0 Å². The van der Waals surface area contributed by atoms with Gasteiger partial charge in [-0.2, -0.15) is 0 Å². The third-order valence-corrected chi connectivity index (χ3v) is 4.79. The van der Waals surface area contributed by atoms with Gasteiger partial charge in [-0.3, -0.25) is 14.6 Å². The van der Waals surface area contributed by atoms with E-state index in [9.17, 15) is 9.59 Å². The molecule has 1 atom stereocenters. The van der Waals surface area contributed by atoms with Gasteiger partial charge >= 0.3 is 0 Å². The summed E-state index contributed by atoms with van der Waals surface area (Å²) in [4.78, 5) is 31.3. The fraction of sp³-hybridized carbons (Fsp3) is 0.381. The van der Waals surface area contributed by atoms with Crippen LogP contribution in [0.4, 0.5) is 0 Å². The lowest BCUT2D eigenvalue weighted by atomic mass is 10.1. The van der Waals surface area contributed by atoms with Gasteiger partial charge in [-0.05, 0) is 42.2 Å². The number of methoxy groups -OCH3 is 1. The van der Waals surface area contributed by atoms with E-state index < -0.39 is 6.04 Å². The molecule has 0 spiro atoms. The molecule has 2 aromatic rings. The Balaban J connectivity index is 1.73. The lowest BCUT2D eigenvalue weighted by Gasteiger charge is -2.29. The van der Waals surface area contributed by atoms with Crippen LogP contribution in [0.15, 0.2) is 48.8 Å². The molecule has 0 saturated carbocycles. The molecule has 1 unspecified atom stereocenters. The van der Waals surface area contributed by atoms with Crippen LogP contribution in [0.1, 0.15) is 36.8 Å². The second kappa shape index (κ2) is 9.16. The number of benzene rings is 1. The maximum atomic E-state index is 12.8. The molecular weight excluding hydrogens is 342 g/mol. The molecule has 3 rings (SSSR count). The van der Waals surface area contributed by atoms with Crippen molar-refractivity contribution < 1.29 is 14.3 Å². The minimum atomic E-state index is -0.456. The van der Waals surface area contributed by atoms with E-state index in [4.69, 9.17) is 4.74 Å². The highest BCUT2D eigenvalue weighted by Crippen LogP contribution is 2.22. The number of aromatic nitrogens is 1. The summed E-state index contributed by atoms with van der Waals surface area (Å²) < 4.78 is 5.27. The van der Waals surface area contributed by atoms with Gasteiger partial charge in [-0.15, -0.1) is 0 Å². The maximum Gasteiger partial charge on any atom is 0.243 e. The predicted molar refractivity (Wildman–Crippen MR) is 102 cm³/mol. The molecule has 0 bridgehead atoms. The number of ether oxygens (including phenoxy) is 1. The monoisotopic (exact) mass is 367 g/mol. The number of likely N-dealkylation sites (tertiary alicyclic amines) is 1. The molecule has 1 fully saturated rings. The van der Waals surface area contributed by atoms with Gasteiger partial charge in [0.15, 0.2) is 0 Å². The summed E-state index contributed by atoms with van der Waals surface area (Å²) in [5, 5.41) is 2.96. The number of carbonyl (C=O) groups excluding carboxylic acids is 2. The van der Waals surface area contributed by atoms with Crippen LogP contribution >= 0.6 is 0 Å². The van der Waals surface area contributed by atoms with Crippen LogP contribution in [0.3, 0.4) is 0 Å². The maximum absolute atomic E-state index is 12.8. The number of nitrogens with zero attached hydrogens (tertiary/aromatic N) is 2. The first kappa shape index (κ1) is 18.9. The van der Waals surface area contributed by atoms with Crippen LogP contribution in [0, 0.1) is 0 Å². The lowest BCUT2D eigenvalue weighted by Crippen LogP contribution is -2.48. The van der Waals surface area contributed by atoms with Crippen LogP contribution < -0.4 is 10.1 Å². The molecule has 6 nitrogen and oxygen atoms in total. The van der Waals surface area contributed by atoms with E-state index in [0.29, 0.717) is 25.9 Å². The zero-order valence-electron chi connectivity index (χ0n) is 15.6. The number of hydrogen-bond donors (Lipinski definition) is 1. The van der Waals surface area contributed by atoms with Crippen LogP contribution in [0.25, 0.3) is 0 Å². The highest BCUT2D eigenvalue weighted by molar-refractivity contribution is 5.88. The first-order valence-electron chi connectivity index (χ1n) is 9.26. The van der Waals surface area contributed by atoms with E-state index >= 15 is 0 Å². The zero-order chi connectivity index (χ0) is 19.1. The van der Waals surface area contributed by atoms with Crippen LogP contribution in [0.2, 0.25) is 0 Å². The molecule has 1 N–H and O–H groups in total. The highest BCUT2D eigenvalue weighted by atomic mass is 16.5. The first-order valence-corrected chi connectivity index (χ1v) is 9.26. The summed E-state index contributed by atoms with van der Waals surface area (Å²) in [5.74, 6) is 0.654. The van der Waals surface area contributed by atoms with Crippen molar-refractivity contribution in [1.29, 1.82) is 0 Å². The number of rotatable bonds is 6. The number of carbonyl (C=O) groups is 2. The van der Waals surface area contributed by atoms with Gasteiger partial charge in [0.25, 0.3) is 0 Å². The van der Waals surface area contributed by atoms with E-state index in [1.54, 1.807) is 24.4 Å². The van der Waals surface area contributed by atoms with E-state index in [1.807, 2.05) is 36.4 Å². The second-order valence-electron chi connectivity index (χ2n) is 6.71. The number of amides is 2. The minimum Gasteiger partial charge on any atom is -0.497 e. The van der Waals surface area contributed by atoms with Crippen molar-refractivity contribution in [2.24, 2.45) is 0 Å². The molecule has 1 aromatic heterocycles. The summed E-state index contributed by atoms with van der Waals surface area (Å²) >= 11 is 0. The fourth-order valence-corrected chi connectivity index (χ4v) is 3.34. The van der Waals surface area contributed by atoms with Crippen molar-refractivity contribution in [1.82, 2.24) is 15.2 Å². The second-order valence-corrected chi connectivity index (χ2v) is 6.71. The normalized spacial score (nSPS) is 17.3. The third-order valence-electron chi connectivity index (χ3n) is 4.79. The molecule has 27 heavy (non-hydrogen) atoms. The molecule has 2 heterocycles. The van der Waals surface area contributed by atoms with Crippen LogP contribution in [0.5, 0.6) is 5.75 Å². The van der Waals surface area contributed by atoms with Gasteiger partial charge in [-0.25, -0.2) is 0 Å². The van der Waals surface area contributed by atoms with Crippen LogP contribution in [-0.2, 0) is 22.7 Å². The van der Waals surface area contributed by atoms with Gasteiger partial charge in [0, 0.05) is 31.9 Å². The Kier molecular flexibility index (Phi) is 6.41. The Morgan fingerprint density at radius 3 is 2.89 bits per heavy atom. The van der Waals surface area contributed by atoms with Gasteiger partial charge in [0.05, 0.1) is 7.11 Å². The van der Waals surface area contributed by atoms with Crippen molar-refractivity contribution in [2.75, 3.05) is 7.11 Å². The number of hydrogen-bond acceptors (Lipinski definition) is 4. The smallest absolute Gasteiger partial charge is 0.243 e. The first-order chi connectivity index (χ1) is 13.2. The van der Waals surface area contributed by atoms with E-state index in [-0.39, 0.29) is 11.8 Å². The molecule has 1 aromatic carbocycles. The Morgan fingerprint density at radius 1 is 1.26 bits per heavy atom. The zero-order valence-corrected chi connectivity index (χ0v) is 15.6. The van der Waals surface area contributed by atoms with Gasteiger partial charge < -0.3 is 15.0 Å². The molecule has 0 aliphatic carbocycles. The van der Waals surface area contributed by atoms with Crippen molar-refractivity contribution in [3.8, 4) is 5.75 Å². The van der Waals surface area contributed by atoms with Gasteiger partial charge in [0.1, 0.15) is 11.8 Å². The molecule has 6 heteroatoms. The quantitative estimate of drug-likeness (QED) is 0.852. The molecule has 1 aliphatic heterocycles. The van der Waals surface area contributed by atoms with E-state index in [2.05, 4.69) is 10.3 Å². The minimum absolute atomic E-state index is 0.0249. The van der Waals surface area contributed by atoms with Crippen molar-refractivity contribution in [2.45, 2.75) is 44.8 Å². The Hall–Kier alpha value is -2.89. The summed E-state index contributed by atoms with van der Waals surface area (Å²) in [7, 11) is 1.62. The van der Waals surface area contributed by atoms with E-state index in [1.165, 1.54) is 0 Å². The summed E-state index contributed by atoms with van der Waals surface area (Å²) in [6, 6.07) is 10.9. The fourth-order valence-electron chi connectivity index (χ4n) is 3.34. The van der Waals surface area contributed by atoms with Crippen molar-refractivity contribution >= 4 is 11.8 Å². The molecular formula is C21H25N3O3. The summed E-state index contributed by atoms with van der Waals surface area (Å²) in [6.45, 7) is 0.811. The summed E-state index contributed by atoms with van der Waals surface area (Å²) in [5.41, 5.74) is 1.89. The largest absolute Gasteiger partial charge is 0.497 e. The van der Waals surface area contributed by atoms with Crippen molar-refractivity contribution in [3.05, 3.63) is 59.9 Å². The SMILES string of the molecule is COc1cccc(CN2C(=O)CCCCC2C(=O)NCc2cccnc2)c1. The van der Waals surface area contributed by atoms with Crippen LogP contribution in [-0.4, -0.2) is 34.8 Å². The van der Waals surface area contributed by atoms with E-state index in [0.717, 1.165) is 29.7 Å². The predicted octanol–water partition coefficient (Wildman–Crippen LogP) is 2.68. The molecule has 1 saturated heterocycles. The third kappa shape index (κ3) is 5.06. The van der Waals surface area contributed by atoms with Gasteiger partial charge in [0.2, 0.25) is 11.8 Å². The number of nitrogens with one attached hydrogen (secondary N) is 1. The highest BCUT2D eigenvalue weighted by Gasteiger charge is 2.31. The molecule has 0 radical (unpaired) electrons. The average molecular weight is 367 g/mol. The Labute approximate surface area is 159 Å². The molecule has 1 aliphatic rings. The number of pyridine rings is 1. The Morgan fingerprint density at radius 2 is 2.11 bits per heavy atom. The topological polar surface area (TPSA) is 71.5 Å².